The van der Waals surface area contributed by atoms with E-state index in [2.05, 4.69) is 24.8 Å². The number of hydrogen-bond donors (Lipinski definition) is 0. The Kier molecular flexibility index (Phi) is 5.44. The van der Waals surface area contributed by atoms with Crippen LogP contribution in [0.4, 0.5) is 0 Å². The molecule has 15 heavy (non-hydrogen) atoms. The fourth-order valence-corrected chi connectivity index (χ4v) is 1.89. The first-order valence-corrected chi connectivity index (χ1v) is 6.09. The molecule has 1 nitrogen and oxygen atoms in total. The molecule has 3 heteroatoms. The molecule has 1 aromatic carbocycles. The van der Waals surface area contributed by atoms with E-state index in [0.717, 1.165) is 23.7 Å². The predicted octanol–water partition coefficient (Wildman–Crippen LogP) is 3.79. The summed E-state index contributed by atoms with van der Waals surface area (Å²) >= 11 is 11.9. The van der Waals surface area contributed by atoms with Gasteiger partial charge < -0.3 is 0 Å². The second kappa shape index (κ2) is 6.37. The highest BCUT2D eigenvalue weighted by atomic mass is 35.5. The number of nitrogens with zero attached hydrogens (tertiary/aromatic N) is 1. The Hall–Kier alpha value is -0.240. The first-order valence-electron chi connectivity index (χ1n) is 5.18. The molecule has 0 aliphatic heterocycles. The van der Waals surface area contributed by atoms with Gasteiger partial charge in [-0.25, -0.2) is 0 Å². The molecule has 84 valence electrons. The van der Waals surface area contributed by atoms with Gasteiger partial charge in [0.05, 0.1) is 0 Å². The highest BCUT2D eigenvalue weighted by Gasteiger charge is 2.10. The van der Waals surface area contributed by atoms with Crippen LogP contribution < -0.4 is 0 Å². The molecule has 0 N–H and O–H groups in total. The minimum atomic E-state index is 0.486. The van der Waals surface area contributed by atoms with Crippen LogP contribution in [-0.2, 0) is 6.54 Å². The molecule has 0 radical (unpaired) electrons. The molecule has 0 heterocycles. The molecule has 0 amide bonds. The van der Waals surface area contributed by atoms with Crippen molar-refractivity contribution < 1.29 is 0 Å². The van der Waals surface area contributed by atoms with Gasteiger partial charge in [-0.3, -0.25) is 4.90 Å². The average molecular weight is 246 g/mol. The van der Waals surface area contributed by atoms with Gasteiger partial charge in [0.1, 0.15) is 0 Å². The summed E-state index contributed by atoms with van der Waals surface area (Å²) in [5.41, 5.74) is 1.16. The van der Waals surface area contributed by atoms with Gasteiger partial charge in [-0.15, -0.1) is 11.6 Å². The zero-order valence-corrected chi connectivity index (χ0v) is 10.7. The van der Waals surface area contributed by atoms with Gasteiger partial charge in [0.25, 0.3) is 0 Å². The van der Waals surface area contributed by atoms with E-state index in [1.54, 1.807) is 0 Å². The molecule has 0 atom stereocenters. The summed E-state index contributed by atoms with van der Waals surface area (Å²) in [6.45, 7) is 6.10. The SMILES string of the molecule is CC(C)N(CCCl)Cc1ccccc1Cl. The molecule has 0 aliphatic carbocycles. The van der Waals surface area contributed by atoms with Gasteiger partial charge in [-0.2, -0.15) is 0 Å². The highest BCUT2D eigenvalue weighted by Crippen LogP contribution is 2.18. The van der Waals surface area contributed by atoms with E-state index in [9.17, 15) is 0 Å². The molecular weight excluding hydrogens is 229 g/mol. The monoisotopic (exact) mass is 245 g/mol. The lowest BCUT2D eigenvalue weighted by atomic mass is 10.2. The third-order valence-electron chi connectivity index (χ3n) is 2.43. The van der Waals surface area contributed by atoms with Crippen molar-refractivity contribution in [1.29, 1.82) is 0 Å². The molecular formula is C12H17Cl2N. The summed E-state index contributed by atoms with van der Waals surface area (Å²) in [5.74, 6) is 0.655. The molecule has 0 spiro atoms. The average Bonchev–Trinajstić information content (AvgIpc) is 2.20. The Morgan fingerprint density at radius 1 is 1.27 bits per heavy atom. The van der Waals surface area contributed by atoms with E-state index >= 15 is 0 Å². The third kappa shape index (κ3) is 4.02. The van der Waals surface area contributed by atoms with Crippen LogP contribution in [-0.4, -0.2) is 23.4 Å². The third-order valence-corrected chi connectivity index (χ3v) is 2.97. The number of hydrogen-bond acceptors (Lipinski definition) is 1. The maximum Gasteiger partial charge on any atom is 0.0451 e. The maximum absolute atomic E-state index is 6.11. The van der Waals surface area contributed by atoms with E-state index < -0.39 is 0 Å². The lowest BCUT2D eigenvalue weighted by Crippen LogP contribution is -2.32. The van der Waals surface area contributed by atoms with Gasteiger partial charge in [0.2, 0.25) is 0 Å². The topological polar surface area (TPSA) is 3.24 Å². The van der Waals surface area contributed by atoms with Crippen molar-refractivity contribution in [3.05, 3.63) is 34.9 Å². The summed E-state index contributed by atoms with van der Waals surface area (Å²) < 4.78 is 0. The van der Waals surface area contributed by atoms with E-state index in [0.29, 0.717) is 11.9 Å². The zero-order chi connectivity index (χ0) is 11.3. The Balaban J connectivity index is 2.69. The largest absolute Gasteiger partial charge is 0.295 e. The molecule has 0 aromatic heterocycles. The van der Waals surface area contributed by atoms with Crippen molar-refractivity contribution in [3.8, 4) is 0 Å². The number of halogens is 2. The van der Waals surface area contributed by atoms with Crippen molar-refractivity contribution in [3.63, 3.8) is 0 Å². The molecule has 0 fully saturated rings. The normalized spacial score (nSPS) is 11.3. The van der Waals surface area contributed by atoms with Gasteiger partial charge in [-0.05, 0) is 25.5 Å². The Morgan fingerprint density at radius 2 is 1.93 bits per heavy atom. The van der Waals surface area contributed by atoms with Crippen molar-refractivity contribution in [2.45, 2.75) is 26.4 Å². The van der Waals surface area contributed by atoms with Crippen LogP contribution in [0.5, 0.6) is 0 Å². The summed E-state index contributed by atoms with van der Waals surface area (Å²) in [6.07, 6.45) is 0. The van der Waals surface area contributed by atoms with Gasteiger partial charge >= 0.3 is 0 Å². The summed E-state index contributed by atoms with van der Waals surface area (Å²) in [6, 6.07) is 8.44. The van der Waals surface area contributed by atoms with Crippen molar-refractivity contribution in [1.82, 2.24) is 4.90 Å². The summed E-state index contributed by atoms with van der Waals surface area (Å²) in [7, 11) is 0. The maximum atomic E-state index is 6.11. The lowest BCUT2D eigenvalue weighted by Gasteiger charge is -2.25. The molecule has 1 aromatic rings. The minimum absolute atomic E-state index is 0.486. The van der Waals surface area contributed by atoms with Crippen LogP contribution in [0.3, 0.4) is 0 Å². The molecule has 0 aliphatic rings. The molecule has 1 rings (SSSR count). The van der Waals surface area contributed by atoms with Crippen LogP contribution in [0.15, 0.2) is 24.3 Å². The predicted molar refractivity (Wildman–Crippen MR) is 67.7 cm³/mol. The van der Waals surface area contributed by atoms with Gasteiger partial charge in [0, 0.05) is 30.0 Å². The van der Waals surface area contributed by atoms with Gasteiger partial charge in [0.15, 0.2) is 0 Å². The lowest BCUT2D eigenvalue weighted by molar-refractivity contribution is 0.226. The van der Waals surface area contributed by atoms with Crippen molar-refractivity contribution in [2.24, 2.45) is 0 Å². The van der Waals surface area contributed by atoms with E-state index in [-0.39, 0.29) is 0 Å². The van der Waals surface area contributed by atoms with Crippen molar-refractivity contribution in [2.75, 3.05) is 12.4 Å². The molecule has 0 saturated heterocycles. The fourth-order valence-electron chi connectivity index (χ4n) is 1.47. The van der Waals surface area contributed by atoms with Crippen LogP contribution in [0.1, 0.15) is 19.4 Å². The molecule has 0 bridgehead atoms. The number of benzene rings is 1. The second-order valence-corrected chi connectivity index (χ2v) is 4.63. The second-order valence-electron chi connectivity index (χ2n) is 3.84. The van der Waals surface area contributed by atoms with Crippen LogP contribution >= 0.6 is 23.2 Å². The first kappa shape index (κ1) is 12.8. The zero-order valence-electron chi connectivity index (χ0n) is 9.21. The fraction of sp³-hybridized carbons (Fsp3) is 0.500. The van der Waals surface area contributed by atoms with E-state index in [4.69, 9.17) is 23.2 Å². The van der Waals surface area contributed by atoms with Crippen LogP contribution in [0, 0.1) is 0 Å². The Morgan fingerprint density at radius 3 is 2.47 bits per heavy atom. The quantitative estimate of drug-likeness (QED) is 0.714. The number of alkyl halides is 1. The molecule has 0 unspecified atom stereocenters. The smallest absolute Gasteiger partial charge is 0.0451 e. The van der Waals surface area contributed by atoms with Crippen LogP contribution in [0.25, 0.3) is 0 Å². The van der Waals surface area contributed by atoms with Crippen LogP contribution in [0.2, 0.25) is 5.02 Å². The standard InChI is InChI=1S/C12H17Cl2N/c1-10(2)15(8-7-13)9-11-5-3-4-6-12(11)14/h3-6,10H,7-9H2,1-2H3. The first-order chi connectivity index (χ1) is 7.15. The summed E-state index contributed by atoms with van der Waals surface area (Å²) in [4.78, 5) is 2.31. The van der Waals surface area contributed by atoms with Crippen molar-refractivity contribution >= 4 is 23.2 Å². The minimum Gasteiger partial charge on any atom is -0.295 e. The van der Waals surface area contributed by atoms with Gasteiger partial charge in [-0.1, -0.05) is 29.8 Å². The molecule has 0 saturated carbocycles. The summed E-state index contributed by atoms with van der Waals surface area (Å²) in [5, 5.41) is 0.831. The van der Waals surface area contributed by atoms with E-state index in [1.807, 2.05) is 18.2 Å². The Labute approximate surface area is 102 Å². The highest BCUT2D eigenvalue weighted by molar-refractivity contribution is 6.31. The Bertz CT molecular complexity index is 299. The number of rotatable bonds is 5. The van der Waals surface area contributed by atoms with E-state index in [1.165, 1.54) is 0 Å².